The van der Waals surface area contributed by atoms with Crippen molar-refractivity contribution in [3.63, 3.8) is 0 Å². The number of aliphatic hydroxyl groups excluding tert-OH is 1. The molecule has 0 radical (unpaired) electrons. The molecule has 2 N–H and O–H groups in total. The van der Waals surface area contributed by atoms with Crippen molar-refractivity contribution in [3.05, 3.63) is 48.2 Å². The van der Waals surface area contributed by atoms with E-state index in [4.69, 9.17) is 4.42 Å². The van der Waals surface area contributed by atoms with E-state index in [9.17, 15) is 14.7 Å². The molecule has 1 heterocycles. The number of esters is 1. The summed E-state index contributed by atoms with van der Waals surface area (Å²) in [5.41, 5.74) is 1.42. The molecule has 0 saturated carbocycles. The van der Waals surface area contributed by atoms with E-state index in [-0.39, 0.29) is 6.42 Å². The standard InChI is InChI=1S/C18H17NO5/c1-23-18(22)14(9-20)19-16(21)8-12-10-24-15-7-6-11-4-2-3-5-13(11)17(12)15/h2-7,10,14,20H,8-9H2,1H3,(H,19,21)/t14-/m1/s1. The van der Waals surface area contributed by atoms with Crippen LogP contribution in [-0.4, -0.2) is 36.7 Å². The van der Waals surface area contributed by atoms with E-state index >= 15 is 0 Å². The van der Waals surface area contributed by atoms with Gasteiger partial charge in [0.25, 0.3) is 0 Å². The van der Waals surface area contributed by atoms with Crippen molar-refractivity contribution < 1.29 is 23.8 Å². The summed E-state index contributed by atoms with van der Waals surface area (Å²) in [5, 5.41) is 14.6. The highest BCUT2D eigenvalue weighted by molar-refractivity contribution is 6.08. The second kappa shape index (κ2) is 6.72. The summed E-state index contributed by atoms with van der Waals surface area (Å²) in [6, 6.07) is 10.6. The molecule has 3 rings (SSSR count). The van der Waals surface area contributed by atoms with Crippen LogP contribution in [0.4, 0.5) is 0 Å². The first kappa shape index (κ1) is 16.0. The topological polar surface area (TPSA) is 88.8 Å². The predicted octanol–water partition coefficient (Wildman–Crippen LogP) is 1.78. The Labute approximate surface area is 138 Å². The Balaban J connectivity index is 1.89. The molecule has 0 aliphatic rings. The van der Waals surface area contributed by atoms with E-state index in [0.29, 0.717) is 5.58 Å². The summed E-state index contributed by atoms with van der Waals surface area (Å²) in [6.45, 7) is -0.520. The number of hydrogen-bond donors (Lipinski definition) is 2. The van der Waals surface area contributed by atoms with Gasteiger partial charge >= 0.3 is 5.97 Å². The van der Waals surface area contributed by atoms with Gasteiger partial charge in [-0.15, -0.1) is 0 Å². The average molecular weight is 327 g/mol. The Morgan fingerprint density at radius 2 is 2.04 bits per heavy atom. The monoisotopic (exact) mass is 327 g/mol. The molecular weight excluding hydrogens is 310 g/mol. The molecule has 6 heteroatoms. The normalized spacial score (nSPS) is 12.2. The third kappa shape index (κ3) is 2.96. The predicted molar refractivity (Wildman–Crippen MR) is 88.5 cm³/mol. The van der Waals surface area contributed by atoms with E-state index in [2.05, 4.69) is 10.1 Å². The molecule has 6 nitrogen and oxygen atoms in total. The van der Waals surface area contributed by atoms with E-state index in [1.807, 2.05) is 36.4 Å². The first-order chi connectivity index (χ1) is 11.6. The smallest absolute Gasteiger partial charge is 0.330 e. The molecule has 24 heavy (non-hydrogen) atoms. The maximum Gasteiger partial charge on any atom is 0.330 e. The van der Waals surface area contributed by atoms with Crippen molar-refractivity contribution in [1.82, 2.24) is 5.32 Å². The quantitative estimate of drug-likeness (QED) is 0.697. The number of furan rings is 1. The van der Waals surface area contributed by atoms with E-state index in [1.165, 1.54) is 7.11 Å². The van der Waals surface area contributed by atoms with Gasteiger partial charge in [0.05, 0.1) is 26.4 Å². The van der Waals surface area contributed by atoms with Crippen LogP contribution in [0.1, 0.15) is 5.56 Å². The van der Waals surface area contributed by atoms with Crippen LogP contribution >= 0.6 is 0 Å². The Kier molecular flexibility index (Phi) is 4.48. The summed E-state index contributed by atoms with van der Waals surface area (Å²) in [4.78, 5) is 23.7. The first-order valence-corrected chi connectivity index (χ1v) is 7.50. The molecule has 1 atom stereocenters. The van der Waals surface area contributed by atoms with Crippen LogP contribution in [0, 0.1) is 0 Å². The summed E-state index contributed by atoms with van der Waals surface area (Å²) in [7, 11) is 1.20. The molecule has 2 aromatic carbocycles. The van der Waals surface area contributed by atoms with Gasteiger partial charge in [-0.05, 0) is 16.8 Å². The van der Waals surface area contributed by atoms with Crippen LogP contribution in [0.2, 0.25) is 0 Å². The molecular formula is C18H17NO5. The second-order valence-corrected chi connectivity index (χ2v) is 5.42. The highest BCUT2D eigenvalue weighted by Crippen LogP contribution is 2.30. The number of fused-ring (bicyclic) bond motifs is 3. The number of nitrogens with one attached hydrogen (secondary N) is 1. The molecule has 1 aromatic heterocycles. The van der Waals surface area contributed by atoms with E-state index in [0.717, 1.165) is 21.7 Å². The maximum atomic E-state index is 12.2. The van der Waals surface area contributed by atoms with Gasteiger partial charge in [0.2, 0.25) is 5.91 Å². The van der Waals surface area contributed by atoms with E-state index in [1.54, 1.807) is 6.26 Å². The number of benzene rings is 2. The zero-order valence-electron chi connectivity index (χ0n) is 13.1. The molecule has 0 aliphatic carbocycles. The first-order valence-electron chi connectivity index (χ1n) is 7.50. The van der Waals surface area contributed by atoms with Crippen molar-refractivity contribution in [1.29, 1.82) is 0 Å². The number of methoxy groups -OCH3 is 1. The molecule has 0 fully saturated rings. The summed E-state index contributed by atoms with van der Waals surface area (Å²) in [5.74, 6) is -1.08. The third-order valence-electron chi connectivity index (χ3n) is 3.89. The zero-order valence-corrected chi connectivity index (χ0v) is 13.1. The molecule has 0 saturated heterocycles. The largest absolute Gasteiger partial charge is 0.467 e. The lowest BCUT2D eigenvalue weighted by atomic mass is 10.0. The fourth-order valence-corrected chi connectivity index (χ4v) is 2.74. The number of ether oxygens (including phenoxy) is 1. The SMILES string of the molecule is COC(=O)[C@@H](CO)NC(=O)Cc1coc2ccc3ccccc3c12. The highest BCUT2D eigenvalue weighted by atomic mass is 16.5. The molecule has 0 aliphatic heterocycles. The van der Waals surface area contributed by atoms with Crippen LogP contribution in [-0.2, 0) is 20.7 Å². The lowest BCUT2D eigenvalue weighted by Gasteiger charge is -2.13. The summed E-state index contributed by atoms with van der Waals surface area (Å²) in [6.07, 6.45) is 1.58. The van der Waals surface area contributed by atoms with Gasteiger partial charge in [0.15, 0.2) is 6.04 Å². The third-order valence-corrected chi connectivity index (χ3v) is 3.89. The van der Waals surface area contributed by atoms with Crippen LogP contribution in [0.5, 0.6) is 0 Å². The number of amides is 1. The number of rotatable bonds is 5. The number of hydrogen-bond acceptors (Lipinski definition) is 5. The summed E-state index contributed by atoms with van der Waals surface area (Å²) < 4.78 is 10.1. The molecule has 3 aromatic rings. The lowest BCUT2D eigenvalue weighted by Crippen LogP contribution is -2.44. The van der Waals surface area contributed by atoms with Gasteiger partial charge in [-0.25, -0.2) is 4.79 Å². The van der Waals surface area contributed by atoms with Gasteiger partial charge in [-0.3, -0.25) is 4.79 Å². The van der Waals surface area contributed by atoms with Gasteiger partial charge in [0.1, 0.15) is 5.58 Å². The van der Waals surface area contributed by atoms with E-state index < -0.39 is 24.5 Å². The Hall–Kier alpha value is -2.86. The van der Waals surface area contributed by atoms with Crippen molar-refractivity contribution in [3.8, 4) is 0 Å². The minimum atomic E-state index is -1.07. The average Bonchev–Trinajstić information content (AvgIpc) is 3.02. The lowest BCUT2D eigenvalue weighted by molar-refractivity contribution is -0.146. The van der Waals surface area contributed by atoms with Crippen LogP contribution in [0.25, 0.3) is 21.7 Å². The Bertz CT molecular complexity index is 899. The van der Waals surface area contributed by atoms with Gasteiger partial charge in [0, 0.05) is 10.9 Å². The van der Waals surface area contributed by atoms with Gasteiger partial charge in [-0.2, -0.15) is 0 Å². The molecule has 0 unspecified atom stereocenters. The molecule has 1 amide bonds. The Morgan fingerprint density at radius 3 is 2.79 bits per heavy atom. The van der Waals surface area contributed by atoms with Crippen molar-refractivity contribution in [2.45, 2.75) is 12.5 Å². The van der Waals surface area contributed by atoms with Gasteiger partial charge in [-0.1, -0.05) is 30.3 Å². The second-order valence-electron chi connectivity index (χ2n) is 5.42. The minimum Gasteiger partial charge on any atom is -0.467 e. The fourth-order valence-electron chi connectivity index (χ4n) is 2.74. The number of aliphatic hydroxyl groups is 1. The molecule has 0 spiro atoms. The van der Waals surface area contributed by atoms with Crippen LogP contribution in [0.3, 0.4) is 0 Å². The zero-order chi connectivity index (χ0) is 17.1. The van der Waals surface area contributed by atoms with Crippen LogP contribution in [0.15, 0.2) is 47.1 Å². The van der Waals surface area contributed by atoms with Gasteiger partial charge < -0.3 is 19.6 Å². The minimum absolute atomic E-state index is 0.0362. The van der Waals surface area contributed by atoms with Crippen molar-refractivity contribution >= 4 is 33.6 Å². The van der Waals surface area contributed by atoms with Crippen LogP contribution < -0.4 is 5.32 Å². The molecule has 124 valence electrons. The number of carbonyl (C=O) groups is 2. The maximum absolute atomic E-state index is 12.2. The number of carbonyl (C=O) groups excluding carboxylic acids is 2. The van der Waals surface area contributed by atoms with Crippen molar-refractivity contribution in [2.24, 2.45) is 0 Å². The summed E-state index contributed by atoms with van der Waals surface area (Å²) >= 11 is 0. The molecule has 0 bridgehead atoms. The highest BCUT2D eigenvalue weighted by Gasteiger charge is 2.21. The fraction of sp³-hybridized carbons (Fsp3) is 0.222. The van der Waals surface area contributed by atoms with Crippen molar-refractivity contribution in [2.75, 3.05) is 13.7 Å². The Morgan fingerprint density at radius 1 is 1.25 bits per heavy atom.